The quantitative estimate of drug-likeness (QED) is 0.275. The third-order valence-corrected chi connectivity index (χ3v) is 1.90. The van der Waals surface area contributed by atoms with E-state index >= 15 is 0 Å². The molecule has 0 radical (unpaired) electrons. The summed E-state index contributed by atoms with van der Waals surface area (Å²) in [6.07, 6.45) is 1.32. The Morgan fingerprint density at radius 1 is 0.474 bits per heavy atom. The van der Waals surface area contributed by atoms with Crippen molar-refractivity contribution in [2.24, 2.45) is 0 Å². The molecule has 0 aromatic rings. The summed E-state index contributed by atoms with van der Waals surface area (Å²) in [5.74, 6) is 0. The van der Waals surface area contributed by atoms with Crippen LogP contribution in [0.4, 0.5) is 0 Å². The monoisotopic (exact) mass is 272 g/mol. The Balaban J connectivity index is 4.78. The summed E-state index contributed by atoms with van der Waals surface area (Å²) in [5, 5.41) is 0. The molecule has 19 heavy (non-hydrogen) atoms. The predicted molar refractivity (Wildman–Crippen MR) is 58.3 cm³/mol. The smallest absolute Gasteiger partial charge is 0.217 e. The Hall–Kier alpha value is -2.62. The zero-order valence-corrected chi connectivity index (χ0v) is 9.82. The summed E-state index contributed by atoms with van der Waals surface area (Å²) in [4.78, 5) is 66.1. The number of hydrogen-bond acceptors (Lipinski definition) is 7. The van der Waals surface area contributed by atoms with Gasteiger partial charge in [0.25, 0.3) is 0 Å². The lowest BCUT2D eigenvalue weighted by molar-refractivity contribution is -0.137. The molecule has 104 valence electrons. The number of imide groups is 3. The van der Waals surface area contributed by atoms with Crippen LogP contribution in [0.5, 0.6) is 0 Å². The molecule has 0 bridgehead atoms. The molecule has 0 rings (SSSR count). The van der Waals surface area contributed by atoms with Crippen molar-refractivity contribution >= 4 is 38.5 Å². The average Bonchev–Trinajstić information content (AvgIpc) is 2.46. The van der Waals surface area contributed by atoms with Crippen LogP contribution in [0.25, 0.3) is 0 Å². The van der Waals surface area contributed by atoms with Gasteiger partial charge in [-0.3, -0.25) is 43.5 Å². The Bertz CT molecular complexity index is 273. The molecule has 0 N–H and O–H groups in total. The minimum Gasteiger partial charge on any atom is -0.278 e. The van der Waals surface area contributed by atoms with Crippen LogP contribution in [0.2, 0.25) is 0 Å². The standard InChI is InChI=1S/C9H12N4O6/c14-4-11(5-15)1-10(2-12(6-16)7-17)3-13(8-18)9-19/h4-9H,1-3H2. The van der Waals surface area contributed by atoms with Crippen molar-refractivity contribution in [2.45, 2.75) is 0 Å². The van der Waals surface area contributed by atoms with Crippen LogP contribution in [0, 0.1) is 0 Å². The topological polar surface area (TPSA) is 115 Å². The van der Waals surface area contributed by atoms with Crippen LogP contribution in [-0.4, -0.2) is 78.1 Å². The maximum absolute atomic E-state index is 10.5. The second-order valence-corrected chi connectivity index (χ2v) is 3.27. The summed E-state index contributed by atoms with van der Waals surface area (Å²) < 4.78 is 0. The van der Waals surface area contributed by atoms with E-state index in [0.29, 0.717) is 14.7 Å². The summed E-state index contributed by atoms with van der Waals surface area (Å²) in [6, 6.07) is 0. The summed E-state index contributed by atoms with van der Waals surface area (Å²) in [5.41, 5.74) is 0. The van der Waals surface area contributed by atoms with E-state index in [4.69, 9.17) is 0 Å². The molecule has 10 heteroatoms. The van der Waals surface area contributed by atoms with Crippen LogP contribution < -0.4 is 0 Å². The van der Waals surface area contributed by atoms with E-state index < -0.39 is 0 Å². The first-order valence-electron chi connectivity index (χ1n) is 4.86. The van der Waals surface area contributed by atoms with Gasteiger partial charge >= 0.3 is 0 Å². The lowest BCUT2D eigenvalue weighted by Crippen LogP contribution is -2.47. The average molecular weight is 272 g/mol. The zero-order valence-electron chi connectivity index (χ0n) is 9.82. The van der Waals surface area contributed by atoms with Gasteiger partial charge in [-0.2, -0.15) is 0 Å². The number of rotatable bonds is 12. The van der Waals surface area contributed by atoms with Gasteiger partial charge in [0.15, 0.2) is 0 Å². The minimum atomic E-state index is -0.302. The normalized spacial score (nSPS) is 9.32. The first-order valence-corrected chi connectivity index (χ1v) is 4.86. The lowest BCUT2D eigenvalue weighted by atomic mass is 10.6. The molecule has 0 saturated carbocycles. The molecule has 0 heterocycles. The number of nitrogens with zero attached hydrogens (tertiary/aromatic N) is 4. The van der Waals surface area contributed by atoms with Crippen molar-refractivity contribution in [3.8, 4) is 0 Å². The highest BCUT2D eigenvalue weighted by molar-refractivity contribution is 5.70. The molecule has 0 fully saturated rings. The zero-order chi connectivity index (χ0) is 14.7. The molecular formula is C9H12N4O6. The highest BCUT2D eigenvalue weighted by Crippen LogP contribution is 1.94. The van der Waals surface area contributed by atoms with Crippen molar-refractivity contribution in [1.29, 1.82) is 0 Å². The molecular weight excluding hydrogens is 260 g/mol. The highest BCUT2D eigenvalue weighted by atomic mass is 16.2. The third kappa shape index (κ3) is 6.02. The predicted octanol–water partition coefficient (Wildman–Crippen LogP) is -2.99. The fourth-order valence-electron chi connectivity index (χ4n) is 1.10. The first-order chi connectivity index (χ1) is 9.14. The van der Waals surface area contributed by atoms with Crippen molar-refractivity contribution in [1.82, 2.24) is 19.6 Å². The Morgan fingerprint density at radius 3 is 0.842 bits per heavy atom. The molecule has 0 spiro atoms. The number of amides is 6. The second kappa shape index (κ2) is 9.41. The molecule has 10 nitrogen and oxygen atoms in total. The van der Waals surface area contributed by atoms with Gasteiger partial charge in [0, 0.05) is 0 Å². The van der Waals surface area contributed by atoms with Crippen molar-refractivity contribution in [3.05, 3.63) is 0 Å². The van der Waals surface area contributed by atoms with Crippen LogP contribution in [-0.2, 0) is 28.8 Å². The molecule has 0 saturated heterocycles. The molecule has 6 amide bonds. The maximum Gasteiger partial charge on any atom is 0.217 e. The van der Waals surface area contributed by atoms with Crippen LogP contribution in [0.1, 0.15) is 0 Å². The maximum atomic E-state index is 10.5. The molecule has 0 aliphatic rings. The van der Waals surface area contributed by atoms with Gasteiger partial charge in [-0.05, 0) is 0 Å². The molecule has 0 aliphatic heterocycles. The Labute approximate surface area is 108 Å². The highest BCUT2D eigenvalue weighted by Gasteiger charge is 2.15. The van der Waals surface area contributed by atoms with E-state index in [9.17, 15) is 28.8 Å². The number of carbonyl (C=O) groups excluding carboxylic acids is 6. The largest absolute Gasteiger partial charge is 0.278 e. The Kier molecular flexibility index (Phi) is 8.12. The van der Waals surface area contributed by atoms with E-state index in [1.807, 2.05) is 0 Å². The molecule has 0 aliphatic carbocycles. The lowest BCUT2D eigenvalue weighted by Gasteiger charge is -2.28. The summed E-state index contributed by atoms with van der Waals surface area (Å²) in [6.45, 7) is -0.907. The fraction of sp³-hybridized carbons (Fsp3) is 0.333. The van der Waals surface area contributed by atoms with E-state index in [1.165, 1.54) is 4.90 Å². The van der Waals surface area contributed by atoms with Gasteiger partial charge in [0.2, 0.25) is 38.5 Å². The Morgan fingerprint density at radius 2 is 0.684 bits per heavy atom. The van der Waals surface area contributed by atoms with Crippen LogP contribution in [0.15, 0.2) is 0 Å². The minimum absolute atomic E-state index is 0.221. The van der Waals surface area contributed by atoms with E-state index in [1.54, 1.807) is 0 Å². The van der Waals surface area contributed by atoms with Crippen molar-refractivity contribution in [2.75, 3.05) is 20.0 Å². The van der Waals surface area contributed by atoms with Gasteiger partial charge < -0.3 is 0 Å². The first kappa shape index (κ1) is 16.4. The van der Waals surface area contributed by atoms with Crippen LogP contribution >= 0.6 is 0 Å². The fourth-order valence-corrected chi connectivity index (χ4v) is 1.10. The summed E-state index contributed by atoms with van der Waals surface area (Å²) >= 11 is 0. The van der Waals surface area contributed by atoms with Crippen molar-refractivity contribution < 1.29 is 28.8 Å². The SMILES string of the molecule is O=CN(C=O)CN(CN(C=O)C=O)CN(C=O)C=O. The van der Waals surface area contributed by atoms with Gasteiger partial charge in [-0.25, -0.2) is 4.90 Å². The van der Waals surface area contributed by atoms with Crippen molar-refractivity contribution in [3.63, 3.8) is 0 Å². The third-order valence-electron chi connectivity index (χ3n) is 1.90. The molecule has 0 unspecified atom stereocenters. The van der Waals surface area contributed by atoms with E-state index in [0.717, 1.165) is 0 Å². The van der Waals surface area contributed by atoms with Gasteiger partial charge in [0.05, 0.1) is 20.0 Å². The van der Waals surface area contributed by atoms with E-state index in [-0.39, 0.29) is 58.5 Å². The molecule has 0 atom stereocenters. The molecule has 0 aromatic heterocycles. The number of carbonyl (C=O) groups is 6. The van der Waals surface area contributed by atoms with Crippen LogP contribution in [0.3, 0.4) is 0 Å². The van der Waals surface area contributed by atoms with Gasteiger partial charge in [-0.1, -0.05) is 0 Å². The van der Waals surface area contributed by atoms with E-state index in [2.05, 4.69) is 0 Å². The van der Waals surface area contributed by atoms with Gasteiger partial charge in [-0.15, -0.1) is 0 Å². The van der Waals surface area contributed by atoms with Gasteiger partial charge in [0.1, 0.15) is 0 Å². The number of hydrogen-bond donors (Lipinski definition) is 0. The second-order valence-electron chi connectivity index (χ2n) is 3.27. The summed E-state index contributed by atoms with van der Waals surface area (Å²) in [7, 11) is 0. The molecule has 0 aromatic carbocycles.